The number of hydrazone groups is 1. The van der Waals surface area contributed by atoms with Crippen LogP contribution in [0.2, 0.25) is 5.02 Å². The highest BCUT2D eigenvalue weighted by Gasteiger charge is 2.10. The van der Waals surface area contributed by atoms with Crippen LogP contribution in [0.15, 0.2) is 35.6 Å². The number of hydrogen-bond acceptors (Lipinski definition) is 4. The van der Waals surface area contributed by atoms with Crippen molar-refractivity contribution in [3.05, 3.63) is 46.8 Å². The van der Waals surface area contributed by atoms with Gasteiger partial charge in [0.1, 0.15) is 0 Å². The fourth-order valence-electron chi connectivity index (χ4n) is 1.60. The molecule has 2 rings (SSSR count). The van der Waals surface area contributed by atoms with E-state index in [9.17, 15) is 0 Å². The van der Waals surface area contributed by atoms with Crippen molar-refractivity contribution in [2.45, 2.75) is 0 Å². The Morgan fingerprint density at radius 2 is 2.12 bits per heavy atom. The number of rotatable bonds is 2. The summed E-state index contributed by atoms with van der Waals surface area (Å²) in [6.45, 7) is 0. The first-order valence-corrected chi connectivity index (χ1v) is 5.28. The van der Waals surface area contributed by atoms with E-state index in [4.69, 9.17) is 22.6 Å². The lowest BCUT2D eigenvalue weighted by Gasteiger charge is -2.06. The Kier molecular flexibility index (Phi) is 3.25. The normalized spacial score (nSPS) is 11.8. The molecule has 0 spiro atoms. The van der Waals surface area contributed by atoms with Gasteiger partial charge in [-0.15, -0.1) is 0 Å². The molecule has 0 fully saturated rings. The highest BCUT2D eigenvalue weighted by atomic mass is 35.5. The van der Waals surface area contributed by atoms with Crippen LogP contribution in [0.5, 0.6) is 0 Å². The summed E-state index contributed by atoms with van der Waals surface area (Å²) in [6.07, 6.45) is 3.76. The molecule has 0 bridgehead atoms. The van der Waals surface area contributed by atoms with Crippen molar-refractivity contribution in [2.24, 2.45) is 10.9 Å². The quantitative estimate of drug-likeness (QED) is 0.371. The van der Waals surface area contributed by atoms with E-state index in [2.05, 4.69) is 10.1 Å². The maximum absolute atomic E-state index is 8.84. The van der Waals surface area contributed by atoms with Crippen LogP contribution in [0.3, 0.4) is 0 Å². The predicted molar refractivity (Wildman–Crippen MR) is 70.2 cm³/mol. The van der Waals surface area contributed by atoms with E-state index < -0.39 is 0 Å². The van der Waals surface area contributed by atoms with Gasteiger partial charge in [-0.3, -0.25) is 0 Å². The molecule has 0 aliphatic carbocycles. The third-order valence-corrected chi connectivity index (χ3v) is 2.74. The first kappa shape index (κ1) is 11.4. The van der Waals surface area contributed by atoms with Crippen LogP contribution in [0.4, 0.5) is 0 Å². The number of nitrogens with two attached hydrogens (primary N) is 1. The zero-order valence-electron chi connectivity index (χ0n) is 8.84. The summed E-state index contributed by atoms with van der Waals surface area (Å²) < 4.78 is 0. The monoisotopic (exact) mass is 247 g/mol. The van der Waals surface area contributed by atoms with Crippen LogP contribution < -0.4 is 5.84 Å². The van der Waals surface area contributed by atoms with E-state index in [0.29, 0.717) is 16.3 Å². The van der Waals surface area contributed by atoms with Crippen LogP contribution in [-0.4, -0.2) is 16.3 Å². The second kappa shape index (κ2) is 4.84. The Morgan fingerprint density at radius 1 is 1.35 bits per heavy atom. The van der Waals surface area contributed by atoms with Crippen molar-refractivity contribution in [1.82, 2.24) is 4.98 Å². The molecule has 3 N–H and O–H groups in total. The third-order valence-electron chi connectivity index (χ3n) is 2.33. The number of aliphatic hydroxyl groups is 1. The molecule has 0 aliphatic heterocycles. The number of pyridine rings is 1. The number of para-hydroxylation sites is 1. The van der Waals surface area contributed by atoms with Gasteiger partial charge >= 0.3 is 0 Å². The van der Waals surface area contributed by atoms with Crippen LogP contribution >= 0.6 is 11.6 Å². The van der Waals surface area contributed by atoms with Crippen LogP contribution in [0.1, 0.15) is 11.3 Å². The fourth-order valence-corrected chi connectivity index (χ4v) is 1.90. The lowest BCUT2D eigenvalue weighted by atomic mass is 10.1. The molecule has 4 nitrogen and oxygen atoms in total. The SMILES string of the molecule is N/N=C/c1c(/C=C/O)nc2ccccc2c1Cl. The highest BCUT2D eigenvalue weighted by molar-refractivity contribution is 6.38. The molecule has 0 aliphatic rings. The van der Waals surface area contributed by atoms with Gasteiger partial charge < -0.3 is 10.9 Å². The molecular weight excluding hydrogens is 238 g/mol. The molecule has 17 heavy (non-hydrogen) atoms. The molecule has 0 radical (unpaired) electrons. The Morgan fingerprint density at radius 3 is 2.82 bits per heavy atom. The lowest BCUT2D eigenvalue weighted by molar-refractivity contribution is 0.478. The summed E-state index contributed by atoms with van der Waals surface area (Å²) in [5.74, 6) is 5.13. The molecule has 1 aromatic carbocycles. The molecule has 0 amide bonds. The van der Waals surface area contributed by atoms with Crippen LogP contribution in [0, 0.1) is 0 Å². The van der Waals surface area contributed by atoms with E-state index in [1.54, 1.807) is 0 Å². The number of hydrogen-bond donors (Lipinski definition) is 2. The molecule has 0 unspecified atom stereocenters. The van der Waals surface area contributed by atoms with Gasteiger partial charge in [0.05, 0.1) is 28.7 Å². The van der Waals surface area contributed by atoms with Crippen LogP contribution in [0.25, 0.3) is 17.0 Å². The average Bonchev–Trinajstić information content (AvgIpc) is 2.34. The van der Waals surface area contributed by atoms with E-state index >= 15 is 0 Å². The number of aromatic nitrogens is 1. The minimum atomic E-state index is 0.512. The average molecular weight is 248 g/mol. The van der Waals surface area contributed by atoms with Crippen molar-refractivity contribution in [2.75, 3.05) is 0 Å². The first-order valence-electron chi connectivity index (χ1n) is 4.90. The smallest absolute Gasteiger partial charge is 0.0813 e. The molecule has 1 aromatic heterocycles. The number of halogens is 1. The second-order valence-electron chi connectivity index (χ2n) is 3.34. The van der Waals surface area contributed by atoms with Crippen molar-refractivity contribution in [1.29, 1.82) is 0 Å². The van der Waals surface area contributed by atoms with Gasteiger partial charge in [0.2, 0.25) is 0 Å². The second-order valence-corrected chi connectivity index (χ2v) is 3.71. The van der Waals surface area contributed by atoms with E-state index in [1.165, 1.54) is 12.3 Å². The maximum atomic E-state index is 8.84. The van der Waals surface area contributed by atoms with E-state index in [0.717, 1.165) is 17.2 Å². The van der Waals surface area contributed by atoms with Gasteiger partial charge in [-0.25, -0.2) is 4.98 Å². The number of benzene rings is 1. The summed E-state index contributed by atoms with van der Waals surface area (Å²) in [5.41, 5.74) is 1.85. The lowest BCUT2D eigenvalue weighted by Crippen LogP contribution is -1.97. The zero-order chi connectivity index (χ0) is 12.3. The minimum Gasteiger partial charge on any atom is -0.516 e. The summed E-state index contributed by atoms with van der Waals surface area (Å²) in [4.78, 5) is 4.37. The van der Waals surface area contributed by atoms with Gasteiger partial charge in [0.25, 0.3) is 0 Å². The Balaban J connectivity index is 2.83. The van der Waals surface area contributed by atoms with E-state index in [-0.39, 0.29) is 0 Å². The van der Waals surface area contributed by atoms with E-state index in [1.807, 2.05) is 24.3 Å². The summed E-state index contributed by atoms with van der Waals surface area (Å²) in [5, 5.41) is 13.6. The number of nitrogens with zero attached hydrogens (tertiary/aromatic N) is 2. The van der Waals surface area contributed by atoms with Crippen molar-refractivity contribution < 1.29 is 5.11 Å². The Bertz CT molecular complexity index is 608. The highest BCUT2D eigenvalue weighted by Crippen LogP contribution is 2.27. The number of aliphatic hydroxyl groups excluding tert-OH is 1. The fraction of sp³-hybridized carbons (Fsp3) is 0. The maximum Gasteiger partial charge on any atom is 0.0813 e. The molecule has 0 atom stereocenters. The molecule has 86 valence electrons. The Labute approximate surface area is 103 Å². The predicted octanol–water partition coefficient (Wildman–Crippen LogP) is 2.71. The summed E-state index contributed by atoms with van der Waals surface area (Å²) in [6, 6.07) is 7.46. The van der Waals surface area contributed by atoms with Crippen molar-refractivity contribution >= 4 is 34.8 Å². The number of fused-ring (bicyclic) bond motifs is 1. The Hall–Kier alpha value is -2.07. The molecule has 5 heteroatoms. The zero-order valence-corrected chi connectivity index (χ0v) is 9.59. The molecule has 0 saturated carbocycles. The molecule has 2 aromatic rings. The minimum absolute atomic E-state index is 0.512. The standard InChI is InChI=1S/C12H10ClN3O/c13-12-8-3-1-2-4-10(8)16-11(5-6-17)9(12)7-15-14/h1-7,17H,14H2/b6-5+,15-7+. The van der Waals surface area contributed by atoms with Gasteiger partial charge in [-0.05, 0) is 12.1 Å². The third kappa shape index (κ3) is 2.07. The van der Waals surface area contributed by atoms with Gasteiger partial charge in [-0.1, -0.05) is 29.8 Å². The molecular formula is C12H10ClN3O. The summed E-state index contributed by atoms with van der Waals surface area (Å²) in [7, 11) is 0. The van der Waals surface area contributed by atoms with Gasteiger partial charge in [-0.2, -0.15) is 5.10 Å². The van der Waals surface area contributed by atoms with Crippen molar-refractivity contribution in [3.8, 4) is 0 Å². The first-order chi connectivity index (χ1) is 8.27. The topological polar surface area (TPSA) is 71.5 Å². The van der Waals surface area contributed by atoms with Gasteiger partial charge in [0.15, 0.2) is 0 Å². The van der Waals surface area contributed by atoms with Gasteiger partial charge in [0, 0.05) is 10.9 Å². The largest absolute Gasteiger partial charge is 0.516 e. The molecule has 0 saturated heterocycles. The van der Waals surface area contributed by atoms with Crippen molar-refractivity contribution in [3.63, 3.8) is 0 Å². The molecule has 1 heterocycles. The summed E-state index contributed by atoms with van der Waals surface area (Å²) >= 11 is 6.26. The van der Waals surface area contributed by atoms with Crippen LogP contribution in [-0.2, 0) is 0 Å².